The average molecular weight is 1380 g/mol. The van der Waals surface area contributed by atoms with Gasteiger partial charge in [-0.1, -0.05) is 343 Å². The Morgan fingerprint density at radius 2 is 0.489 bits per heavy atom. The highest BCUT2D eigenvalue weighted by molar-refractivity contribution is 7.47. The molecule has 0 aliphatic heterocycles. The fourth-order valence-electron chi connectivity index (χ4n) is 11.5. The van der Waals surface area contributed by atoms with Crippen LogP contribution in [0.15, 0.2) is 0 Å². The van der Waals surface area contributed by atoms with Gasteiger partial charge in [0.1, 0.15) is 19.3 Å². The molecule has 0 rings (SSSR count). The van der Waals surface area contributed by atoms with Gasteiger partial charge in [0.2, 0.25) is 0 Å². The van der Waals surface area contributed by atoms with Crippen LogP contribution in [0.2, 0.25) is 0 Å². The van der Waals surface area contributed by atoms with Crippen LogP contribution in [0.5, 0.6) is 0 Å². The van der Waals surface area contributed by atoms with E-state index in [0.29, 0.717) is 25.7 Å². The smallest absolute Gasteiger partial charge is 0.462 e. The van der Waals surface area contributed by atoms with Crippen molar-refractivity contribution in [1.82, 2.24) is 0 Å². The molecule has 0 saturated carbocycles. The summed E-state index contributed by atoms with van der Waals surface area (Å²) in [6, 6.07) is 0. The largest absolute Gasteiger partial charge is 0.472 e. The second-order valence-electron chi connectivity index (χ2n) is 27.5. The van der Waals surface area contributed by atoms with Crippen LogP contribution in [0.25, 0.3) is 0 Å². The molecule has 0 bridgehead atoms. The lowest BCUT2D eigenvalue weighted by atomic mass is 10.0. The minimum Gasteiger partial charge on any atom is -0.462 e. The van der Waals surface area contributed by atoms with Crippen molar-refractivity contribution in [2.75, 3.05) is 39.6 Å². The van der Waals surface area contributed by atoms with E-state index in [1.165, 1.54) is 218 Å². The Bertz CT molecular complexity index is 1810. The molecular formula is C75H146O17P2. The lowest BCUT2D eigenvalue weighted by Gasteiger charge is -2.21. The van der Waals surface area contributed by atoms with Gasteiger partial charge in [-0.25, -0.2) is 9.13 Å². The van der Waals surface area contributed by atoms with Crippen LogP contribution in [0.4, 0.5) is 0 Å². The van der Waals surface area contributed by atoms with Gasteiger partial charge in [0.05, 0.1) is 26.4 Å². The molecule has 558 valence electrons. The second-order valence-corrected chi connectivity index (χ2v) is 30.4. The lowest BCUT2D eigenvalue weighted by molar-refractivity contribution is -0.161. The first-order valence-electron chi connectivity index (χ1n) is 39.1. The Kier molecular flexibility index (Phi) is 66.8. The molecule has 19 heteroatoms. The molecule has 0 fully saturated rings. The molecule has 0 spiro atoms. The summed E-state index contributed by atoms with van der Waals surface area (Å²) in [6.07, 6.45) is 56.8. The van der Waals surface area contributed by atoms with Crippen molar-refractivity contribution in [2.24, 2.45) is 5.92 Å². The highest BCUT2D eigenvalue weighted by Gasteiger charge is 2.30. The molecular weight excluding hydrogens is 1230 g/mol. The molecule has 0 aliphatic carbocycles. The van der Waals surface area contributed by atoms with Crippen LogP contribution in [-0.2, 0) is 65.4 Å². The van der Waals surface area contributed by atoms with E-state index in [1.54, 1.807) is 0 Å². The monoisotopic (exact) mass is 1380 g/mol. The van der Waals surface area contributed by atoms with E-state index in [9.17, 15) is 43.2 Å². The van der Waals surface area contributed by atoms with Crippen molar-refractivity contribution >= 4 is 39.5 Å². The van der Waals surface area contributed by atoms with Gasteiger partial charge in [0.15, 0.2) is 12.2 Å². The maximum absolute atomic E-state index is 13.1. The first-order valence-corrected chi connectivity index (χ1v) is 42.1. The van der Waals surface area contributed by atoms with Crippen LogP contribution in [-0.4, -0.2) is 96.7 Å². The minimum atomic E-state index is -4.96. The van der Waals surface area contributed by atoms with Gasteiger partial charge in [-0.3, -0.25) is 37.3 Å². The number of carbonyl (C=O) groups excluding carboxylic acids is 4. The van der Waals surface area contributed by atoms with Gasteiger partial charge in [-0.2, -0.15) is 0 Å². The van der Waals surface area contributed by atoms with Gasteiger partial charge in [0, 0.05) is 25.7 Å². The number of carbonyl (C=O) groups is 4. The Morgan fingerprint density at radius 3 is 0.723 bits per heavy atom. The van der Waals surface area contributed by atoms with Gasteiger partial charge >= 0.3 is 39.5 Å². The highest BCUT2D eigenvalue weighted by atomic mass is 31.2. The summed E-state index contributed by atoms with van der Waals surface area (Å²) in [6.45, 7) is 7.28. The van der Waals surface area contributed by atoms with Crippen molar-refractivity contribution < 1.29 is 80.2 Å². The van der Waals surface area contributed by atoms with Crippen molar-refractivity contribution in [2.45, 2.75) is 412 Å². The van der Waals surface area contributed by atoms with Crippen molar-refractivity contribution in [1.29, 1.82) is 0 Å². The van der Waals surface area contributed by atoms with Gasteiger partial charge in [-0.15, -0.1) is 0 Å². The first kappa shape index (κ1) is 92.1. The van der Waals surface area contributed by atoms with Crippen molar-refractivity contribution in [3.05, 3.63) is 0 Å². The zero-order valence-corrected chi connectivity index (χ0v) is 62.9. The van der Waals surface area contributed by atoms with E-state index in [4.69, 9.17) is 37.0 Å². The molecule has 0 aromatic heterocycles. The van der Waals surface area contributed by atoms with Crippen LogP contribution < -0.4 is 0 Å². The third kappa shape index (κ3) is 68.6. The number of unbranched alkanes of at least 4 members (excludes halogenated alkanes) is 47. The van der Waals surface area contributed by atoms with Crippen LogP contribution in [0.1, 0.15) is 394 Å². The van der Waals surface area contributed by atoms with Gasteiger partial charge < -0.3 is 33.8 Å². The second kappa shape index (κ2) is 68.2. The summed E-state index contributed by atoms with van der Waals surface area (Å²) < 4.78 is 68.5. The lowest BCUT2D eigenvalue weighted by Crippen LogP contribution is -2.30. The fraction of sp³-hybridized carbons (Fsp3) is 0.947. The molecule has 17 nitrogen and oxygen atoms in total. The molecule has 0 amide bonds. The molecule has 0 saturated heterocycles. The molecule has 0 heterocycles. The van der Waals surface area contributed by atoms with Crippen LogP contribution in [0, 0.1) is 5.92 Å². The van der Waals surface area contributed by atoms with Crippen LogP contribution in [0.3, 0.4) is 0 Å². The number of aliphatic hydroxyl groups excluding tert-OH is 1. The molecule has 94 heavy (non-hydrogen) atoms. The number of aliphatic hydroxyl groups is 1. The SMILES string of the molecule is CCCCCCCCCCCCCCCCCCCCC(=O)O[C@H](COC(=O)CCCCCCCCCCCCCC(C)C)COP(=O)(O)OC[C@@H](O)COP(=O)(O)OC[C@@H](COC(=O)CCCCCCCCCCC)OC(=O)CCCCCCCCCCCCCCC. The van der Waals surface area contributed by atoms with Crippen molar-refractivity contribution in [3.8, 4) is 0 Å². The molecule has 0 aromatic carbocycles. The number of rotatable bonds is 75. The third-order valence-electron chi connectivity index (χ3n) is 17.5. The van der Waals surface area contributed by atoms with E-state index in [0.717, 1.165) is 95.8 Å². The Balaban J connectivity index is 5.22. The van der Waals surface area contributed by atoms with Crippen molar-refractivity contribution in [3.63, 3.8) is 0 Å². The zero-order valence-electron chi connectivity index (χ0n) is 61.1. The average Bonchev–Trinajstić information content (AvgIpc) is 1.88. The Labute approximate surface area is 575 Å². The van der Waals surface area contributed by atoms with Gasteiger partial charge in [0.25, 0.3) is 0 Å². The Hall–Kier alpha value is -1.94. The van der Waals surface area contributed by atoms with E-state index in [-0.39, 0.29) is 25.7 Å². The van der Waals surface area contributed by atoms with Crippen LogP contribution >= 0.6 is 15.6 Å². The highest BCUT2D eigenvalue weighted by Crippen LogP contribution is 2.45. The molecule has 0 radical (unpaired) electrons. The molecule has 0 aromatic rings. The summed E-state index contributed by atoms with van der Waals surface area (Å²) in [5.41, 5.74) is 0. The third-order valence-corrected chi connectivity index (χ3v) is 19.4. The quantitative estimate of drug-likeness (QED) is 0.0222. The predicted octanol–water partition coefficient (Wildman–Crippen LogP) is 22.1. The molecule has 2 unspecified atom stereocenters. The summed E-state index contributed by atoms with van der Waals surface area (Å²) >= 11 is 0. The number of ether oxygens (including phenoxy) is 4. The number of hydrogen-bond acceptors (Lipinski definition) is 15. The topological polar surface area (TPSA) is 237 Å². The maximum atomic E-state index is 13.1. The summed E-state index contributed by atoms with van der Waals surface area (Å²) in [5.74, 6) is -1.34. The Morgan fingerprint density at radius 1 is 0.287 bits per heavy atom. The zero-order chi connectivity index (χ0) is 69.1. The number of phosphoric acid groups is 2. The summed E-state index contributed by atoms with van der Waals surface area (Å²) in [7, 11) is -9.91. The number of esters is 4. The first-order chi connectivity index (χ1) is 45.5. The maximum Gasteiger partial charge on any atom is 0.472 e. The molecule has 0 aliphatic rings. The fourth-order valence-corrected chi connectivity index (χ4v) is 13.1. The summed E-state index contributed by atoms with van der Waals surface area (Å²) in [5, 5.41) is 10.6. The standard InChI is InChI=1S/C75H146O17P2/c1-6-9-12-15-18-21-23-25-26-27-28-29-31-35-41-46-51-56-61-75(80)92-71(65-86-73(78)59-54-49-44-39-36-32-33-38-42-47-52-57-68(4)5)67-90-94(83,84)88-63-69(76)62-87-93(81,82)89-66-70(64-85-72(77)58-53-48-43-37-20-17-14-11-8-3)91-74(79)60-55-50-45-40-34-30-24-22-19-16-13-10-7-2/h68-71,76H,6-67H2,1-5H3,(H,81,82)(H,83,84)/t69-,70+,71+/m0/s1. The number of phosphoric ester groups is 2. The minimum absolute atomic E-state index is 0.108. The number of hydrogen-bond donors (Lipinski definition) is 3. The van der Waals surface area contributed by atoms with E-state index in [1.807, 2.05) is 0 Å². The van der Waals surface area contributed by atoms with E-state index < -0.39 is 97.5 Å². The normalized spacial score (nSPS) is 14.0. The predicted molar refractivity (Wildman–Crippen MR) is 382 cm³/mol. The summed E-state index contributed by atoms with van der Waals surface area (Å²) in [4.78, 5) is 72.7. The molecule has 5 atom stereocenters. The van der Waals surface area contributed by atoms with E-state index >= 15 is 0 Å². The molecule has 3 N–H and O–H groups in total. The van der Waals surface area contributed by atoms with Gasteiger partial charge in [-0.05, 0) is 31.6 Å². The van der Waals surface area contributed by atoms with E-state index in [2.05, 4.69) is 34.6 Å².